The lowest BCUT2D eigenvalue weighted by Gasteiger charge is -2.00. The second-order valence-corrected chi connectivity index (χ2v) is 3.48. The summed E-state index contributed by atoms with van der Waals surface area (Å²) < 4.78 is 10.5. The molecule has 5 heteroatoms. The molecule has 0 amide bonds. The van der Waals surface area contributed by atoms with Gasteiger partial charge in [-0.3, -0.25) is 4.57 Å². The quantitative estimate of drug-likeness (QED) is 0.654. The third kappa shape index (κ3) is 3.04. The van der Waals surface area contributed by atoms with Gasteiger partial charge in [-0.05, 0) is 12.1 Å². The van der Waals surface area contributed by atoms with Crippen LogP contribution in [0.2, 0.25) is 0 Å². The van der Waals surface area contributed by atoms with Crippen molar-refractivity contribution >= 4 is 25.3 Å². The fourth-order valence-electron chi connectivity index (χ4n) is 0.622. The second-order valence-electron chi connectivity index (χ2n) is 1.88. The predicted molar refractivity (Wildman–Crippen MR) is 45.4 cm³/mol. The highest BCUT2D eigenvalue weighted by atomic mass is 35.5. The zero-order valence-electron chi connectivity index (χ0n) is 5.54. The van der Waals surface area contributed by atoms with Crippen LogP contribution in [-0.4, -0.2) is 9.79 Å². The first-order chi connectivity index (χ1) is 4.61. The highest BCUT2D eigenvalue weighted by molar-refractivity contribution is 7.60. The number of hydrogen-bond donors (Lipinski definition) is 2. The van der Waals surface area contributed by atoms with Gasteiger partial charge in [0.25, 0.3) is 0 Å². The van der Waals surface area contributed by atoms with Gasteiger partial charge in [0.05, 0.1) is 5.30 Å². The summed E-state index contributed by atoms with van der Waals surface area (Å²) in [4.78, 5) is 17.2. The maximum Gasteiger partial charge on any atom is 0.356 e. The van der Waals surface area contributed by atoms with Crippen molar-refractivity contribution in [1.82, 2.24) is 0 Å². The fourth-order valence-corrected chi connectivity index (χ4v) is 1.18. The maximum absolute atomic E-state index is 10.5. The van der Waals surface area contributed by atoms with E-state index in [-0.39, 0.29) is 17.7 Å². The Morgan fingerprint density at radius 2 is 1.55 bits per heavy atom. The summed E-state index contributed by atoms with van der Waals surface area (Å²) in [5, 5.41) is 0.0648. The van der Waals surface area contributed by atoms with Crippen molar-refractivity contribution in [2.75, 3.05) is 0 Å². The summed E-state index contributed by atoms with van der Waals surface area (Å²) in [6.45, 7) is 0. The van der Waals surface area contributed by atoms with E-state index in [4.69, 9.17) is 9.79 Å². The molecule has 11 heavy (non-hydrogen) atoms. The topological polar surface area (TPSA) is 57.5 Å². The van der Waals surface area contributed by atoms with Crippen molar-refractivity contribution in [3.05, 3.63) is 30.3 Å². The number of benzene rings is 1. The molecule has 0 spiro atoms. The van der Waals surface area contributed by atoms with E-state index in [1.54, 1.807) is 18.2 Å². The average molecular weight is 195 g/mol. The molecule has 0 heterocycles. The third-order valence-electron chi connectivity index (χ3n) is 1.09. The molecule has 3 nitrogen and oxygen atoms in total. The third-order valence-corrected chi connectivity index (χ3v) is 2.06. The minimum absolute atomic E-state index is 0. The summed E-state index contributed by atoms with van der Waals surface area (Å²) in [5.41, 5.74) is 0. The van der Waals surface area contributed by atoms with E-state index >= 15 is 0 Å². The van der Waals surface area contributed by atoms with Crippen molar-refractivity contribution in [2.24, 2.45) is 0 Å². The largest absolute Gasteiger partial charge is 0.356 e. The molecule has 1 aromatic carbocycles. The van der Waals surface area contributed by atoms with Crippen LogP contribution in [0, 0.1) is 0 Å². The molecule has 0 saturated heterocycles. The van der Waals surface area contributed by atoms with Crippen molar-refractivity contribution in [2.45, 2.75) is 0 Å². The van der Waals surface area contributed by atoms with Gasteiger partial charge >= 0.3 is 7.60 Å². The van der Waals surface area contributed by atoms with Crippen LogP contribution in [0.3, 0.4) is 0 Å². The first-order valence-corrected chi connectivity index (χ1v) is 4.33. The molecule has 0 atom stereocenters. The van der Waals surface area contributed by atoms with E-state index in [0.717, 1.165) is 0 Å². The van der Waals surface area contributed by atoms with Gasteiger partial charge in [0, 0.05) is 0 Å². The van der Waals surface area contributed by atoms with Gasteiger partial charge in [-0.1, -0.05) is 18.2 Å². The SMILES string of the molecule is Cl.O=P(O)(O)c1ccccc1. The molecule has 2 N–H and O–H groups in total. The summed E-state index contributed by atoms with van der Waals surface area (Å²) in [6, 6.07) is 7.70. The minimum Gasteiger partial charge on any atom is -0.321 e. The van der Waals surface area contributed by atoms with Crippen molar-refractivity contribution in [3.63, 3.8) is 0 Å². The molecule has 0 fully saturated rings. The summed E-state index contributed by atoms with van der Waals surface area (Å²) >= 11 is 0. The standard InChI is InChI=1S/C6H7O3P.ClH/c7-10(8,9)6-4-2-1-3-5-6;/h1-5H,(H2,7,8,9);1H. The van der Waals surface area contributed by atoms with Crippen LogP contribution in [0.15, 0.2) is 30.3 Å². The monoisotopic (exact) mass is 194 g/mol. The minimum atomic E-state index is -4.02. The van der Waals surface area contributed by atoms with Gasteiger partial charge < -0.3 is 9.79 Å². The van der Waals surface area contributed by atoms with E-state index in [1.807, 2.05) is 0 Å². The van der Waals surface area contributed by atoms with Crippen LogP contribution in [0.4, 0.5) is 0 Å². The average Bonchev–Trinajstić information content (AvgIpc) is 1.88. The molecule has 0 bridgehead atoms. The molecule has 62 valence electrons. The molecule has 1 aromatic rings. The molecule has 0 aliphatic rings. The zero-order valence-corrected chi connectivity index (χ0v) is 7.26. The first-order valence-electron chi connectivity index (χ1n) is 2.72. The Labute approximate surface area is 70.6 Å². The predicted octanol–water partition coefficient (Wildman–Crippen LogP) is 0.911. The van der Waals surface area contributed by atoms with Crippen molar-refractivity contribution < 1.29 is 14.4 Å². The van der Waals surface area contributed by atoms with E-state index < -0.39 is 7.60 Å². The van der Waals surface area contributed by atoms with E-state index in [2.05, 4.69) is 0 Å². The molecule has 0 aliphatic carbocycles. The number of hydrogen-bond acceptors (Lipinski definition) is 1. The number of rotatable bonds is 1. The van der Waals surface area contributed by atoms with Crippen molar-refractivity contribution in [3.8, 4) is 0 Å². The number of halogens is 1. The van der Waals surface area contributed by atoms with Crippen LogP contribution in [0.5, 0.6) is 0 Å². The van der Waals surface area contributed by atoms with Gasteiger partial charge in [-0.2, -0.15) is 0 Å². The molecule has 0 aromatic heterocycles. The lowest BCUT2D eigenvalue weighted by Crippen LogP contribution is -2.01. The molecule has 1 rings (SSSR count). The Kier molecular flexibility index (Phi) is 3.76. The Balaban J connectivity index is 0.000001000. The Morgan fingerprint density at radius 1 is 1.09 bits per heavy atom. The van der Waals surface area contributed by atoms with Gasteiger partial charge in [0.1, 0.15) is 0 Å². The van der Waals surface area contributed by atoms with E-state index in [0.29, 0.717) is 0 Å². The Hall–Kier alpha value is -0.340. The highest BCUT2D eigenvalue weighted by Crippen LogP contribution is 2.32. The highest BCUT2D eigenvalue weighted by Gasteiger charge is 2.14. The van der Waals surface area contributed by atoms with Crippen LogP contribution < -0.4 is 5.30 Å². The van der Waals surface area contributed by atoms with Crippen LogP contribution >= 0.6 is 20.0 Å². The Morgan fingerprint density at radius 3 is 1.82 bits per heavy atom. The Bertz CT molecular complexity index is 256. The molecular formula is C6H8ClO3P. The van der Waals surface area contributed by atoms with Crippen LogP contribution in [0.1, 0.15) is 0 Å². The molecular weight excluding hydrogens is 186 g/mol. The zero-order chi connectivity index (χ0) is 7.61. The summed E-state index contributed by atoms with van der Waals surface area (Å²) in [5.74, 6) is 0. The van der Waals surface area contributed by atoms with Crippen molar-refractivity contribution in [1.29, 1.82) is 0 Å². The van der Waals surface area contributed by atoms with Gasteiger partial charge in [0.2, 0.25) is 0 Å². The first kappa shape index (κ1) is 10.7. The normalized spacial score (nSPS) is 10.4. The second kappa shape index (κ2) is 3.88. The summed E-state index contributed by atoms with van der Waals surface area (Å²) in [6.07, 6.45) is 0. The smallest absolute Gasteiger partial charge is 0.321 e. The molecule has 0 unspecified atom stereocenters. The van der Waals surface area contributed by atoms with E-state index in [1.165, 1.54) is 12.1 Å². The lowest BCUT2D eigenvalue weighted by atomic mass is 10.4. The molecule has 0 saturated carbocycles. The van der Waals surface area contributed by atoms with Crippen LogP contribution in [-0.2, 0) is 4.57 Å². The van der Waals surface area contributed by atoms with E-state index in [9.17, 15) is 4.57 Å². The molecule has 0 aliphatic heterocycles. The maximum atomic E-state index is 10.5. The lowest BCUT2D eigenvalue weighted by molar-refractivity contribution is 0.387. The van der Waals surface area contributed by atoms with Gasteiger partial charge in [-0.15, -0.1) is 12.4 Å². The van der Waals surface area contributed by atoms with Gasteiger partial charge in [0.15, 0.2) is 0 Å². The summed E-state index contributed by atoms with van der Waals surface area (Å²) in [7, 11) is -4.02. The van der Waals surface area contributed by atoms with Crippen LogP contribution in [0.25, 0.3) is 0 Å². The van der Waals surface area contributed by atoms with Gasteiger partial charge in [-0.25, -0.2) is 0 Å². The molecule has 0 radical (unpaired) electrons. The fraction of sp³-hybridized carbons (Fsp3) is 0.